The van der Waals surface area contributed by atoms with Gasteiger partial charge in [-0.15, -0.1) is 0 Å². The Hall–Kier alpha value is -3.73. The summed E-state index contributed by atoms with van der Waals surface area (Å²) in [5, 5.41) is 13.1. The molecule has 0 saturated carbocycles. The number of carbonyl (C=O) groups is 1. The van der Waals surface area contributed by atoms with Crippen LogP contribution in [-0.2, 0) is 6.54 Å². The van der Waals surface area contributed by atoms with Gasteiger partial charge >= 0.3 is 0 Å². The van der Waals surface area contributed by atoms with E-state index in [1.807, 2.05) is 12.1 Å². The maximum absolute atomic E-state index is 11.1. The molecule has 3 rings (SSSR count). The zero-order chi connectivity index (χ0) is 17.8. The molecule has 8 nitrogen and oxygen atoms in total. The first-order valence-electron chi connectivity index (χ1n) is 7.33. The van der Waals surface area contributed by atoms with Crippen molar-refractivity contribution in [1.29, 1.82) is 5.26 Å². The Balaban J connectivity index is 1.96. The zero-order valence-electron chi connectivity index (χ0n) is 13.4. The second-order valence-electron chi connectivity index (χ2n) is 5.20. The van der Waals surface area contributed by atoms with Gasteiger partial charge in [-0.1, -0.05) is 0 Å². The molecule has 0 atom stereocenters. The largest absolute Gasteiger partial charge is 0.481 e. The number of hydrogen-bond acceptors (Lipinski definition) is 6. The first kappa shape index (κ1) is 16.1. The highest BCUT2D eigenvalue weighted by Crippen LogP contribution is 2.29. The number of methoxy groups -OCH3 is 1. The molecule has 124 valence electrons. The van der Waals surface area contributed by atoms with Crippen molar-refractivity contribution < 1.29 is 9.53 Å². The van der Waals surface area contributed by atoms with Gasteiger partial charge in [0.15, 0.2) is 0 Å². The molecule has 0 spiro atoms. The number of nitrogens with two attached hydrogens (primary N) is 1. The minimum Gasteiger partial charge on any atom is -0.481 e. The fourth-order valence-electron chi connectivity index (χ4n) is 2.38. The van der Waals surface area contributed by atoms with E-state index in [2.05, 4.69) is 15.1 Å². The summed E-state index contributed by atoms with van der Waals surface area (Å²) in [5.41, 5.74) is 8.08. The summed E-state index contributed by atoms with van der Waals surface area (Å²) in [4.78, 5) is 19.4. The van der Waals surface area contributed by atoms with Gasteiger partial charge < -0.3 is 10.5 Å². The summed E-state index contributed by atoms with van der Waals surface area (Å²) in [7, 11) is 1.53. The predicted molar refractivity (Wildman–Crippen MR) is 88.6 cm³/mol. The second kappa shape index (κ2) is 6.80. The van der Waals surface area contributed by atoms with Gasteiger partial charge in [-0.3, -0.25) is 9.48 Å². The first-order valence-corrected chi connectivity index (χ1v) is 7.33. The van der Waals surface area contributed by atoms with Gasteiger partial charge in [-0.25, -0.2) is 9.97 Å². The molecule has 0 radical (unpaired) electrons. The Labute approximate surface area is 143 Å². The van der Waals surface area contributed by atoms with E-state index in [4.69, 9.17) is 15.7 Å². The molecule has 0 unspecified atom stereocenters. The van der Waals surface area contributed by atoms with E-state index < -0.39 is 5.91 Å². The Morgan fingerprint density at radius 1 is 1.36 bits per heavy atom. The number of aromatic nitrogens is 4. The molecule has 0 fully saturated rings. The number of nitriles is 1. The van der Waals surface area contributed by atoms with Crippen LogP contribution >= 0.6 is 0 Å². The van der Waals surface area contributed by atoms with Crippen LogP contribution in [-0.4, -0.2) is 32.8 Å². The predicted octanol–water partition coefficient (Wildman–Crippen LogP) is 1.37. The van der Waals surface area contributed by atoms with Crippen LogP contribution in [0.3, 0.4) is 0 Å². The van der Waals surface area contributed by atoms with E-state index in [-0.39, 0.29) is 5.69 Å². The Morgan fingerprint density at radius 3 is 2.88 bits per heavy atom. The van der Waals surface area contributed by atoms with E-state index in [1.54, 1.807) is 41.5 Å². The third-order valence-corrected chi connectivity index (χ3v) is 3.52. The standard InChI is InChI=1S/C17H14N6O2/c1-25-17-14(12-2-4-20-13(7-12)8-18)6-11(9-21-17)10-23-5-3-15(22-23)16(19)24/h2-7,9H,10H2,1H3,(H2,19,24). The van der Waals surface area contributed by atoms with Crippen LogP contribution in [0, 0.1) is 11.3 Å². The number of pyridine rings is 2. The molecule has 25 heavy (non-hydrogen) atoms. The number of amides is 1. The molecule has 0 saturated heterocycles. The van der Waals surface area contributed by atoms with Crippen molar-refractivity contribution in [2.45, 2.75) is 6.54 Å². The quantitative estimate of drug-likeness (QED) is 0.752. The van der Waals surface area contributed by atoms with Crippen molar-refractivity contribution in [3.05, 3.63) is 59.8 Å². The Kier molecular flexibility index (Phi) is 4.39. The van der Waals surface area contributed by atoms with Crippen LogP contribution in [0.1, 0.15) is 21.7 Å². The molecular weight excluding hydrogens is 320 g/mol. The molecule has 0 bridgehead atoms. The van der Waals surface area contributed by atoms with E-state index in [0.29, 0.717) is 18.1 Å². The maximum atomic E-state index is 11.1. The number of hydrogen-bond donors (Lipinski definition) is 1. The molecule has 1 amide bonds. The van der Waals surface area contributed by atoms with Gasteiger partial charge in [0.1, 0.15) is 17.5 Å². The van der Waals surface area contributed by atoms with Crippen LogP contribution in [0.4, 0.5) is 0 Å². The lowest BCUT2D eigenvalue weighted by molar-refractivity contribution is 0.0995. The lowest BCUT2D eigenvalue weighted by Gasteiger charge is -2.10. The highest BCUT2D eigenvalue weighted by molar-refractivity contribution is 5.90. The van der Waals surface area contributed by atoms with Crippen LogP contribution in [0.5, 0.6) is 5.88 Å². The van der Waals surface area contributed by atoms with Crippen molar-refractivity contribution in [3.8, 4) is 23.1 Å². The summed E-state index contributed by atoms with van der Waals surface area (Å²) in [5.74, 6) is -0.134. The third-order valence-electron chi connectivity index (χ3n) is 3.52. The van der Waals surface area contributed by atoms with Gasteiger partial charge in [-0.05, 0) is 35.4 Å². The highest BCUT2D eigenvalue weighted by Gasteiger charge is 2.11. The summed E-state index contributed by atoms with van der Waals surface area (Å²) in [6.45, 7) is 0.410. The lowest BCUT2D eigenvalue weighted by atomic mass is 10.1. The Morgan fingerprint density at radius 2 is 2.20 bits per heavy atom. The first-order chi connectivity index (χ1) is 12.1. The number of ether oxygens (including phenoxy) is 1. The van der Waals surface area contributed by atoms with E-state index >= 15 is 0 Å². The molecule has 3 aromatic heterocycles. The number of primary amides is 1. The zero-order valence-corrected chi connectivity index (χ0v) is 13.4. The summed E-state index contributed by atoms with van der Waals surface area (Å²) in [6.07, 6.45) is 4.90. The van der Waals surface area contributed by atoms with Crippen LogP contribution in [0.2, 0.25) is 0 Å². The normalized spacial score (nSPS) is 10.2. The molecule has 0 aromatic carbocycles. The van der Waals surface area contributed by atoms with Crippen LogP contribution in [0.25, 0.3) is 11.1 Å². The highest BCUT2D eigenvalue weighted by atomic mass is 16.5. The average Bonchev–Trinajstić information content (AvgIpc) is 3.10. The van der Waals surface area contributed by atoms with Gasteiger partial charge in [0, 0.05) is 24.2 Å². The number of carbonyl (C=O) groups excluding carboxylic acids is 1. The van der Waals surface area contributed by atoms with E-state index in [9.17, 15) is 4.79 Å². The van der Waals surface area contributed by atoms with Gasteiger partial charge in [0.25, 0.3) is 5.91 Å². The third kappa shape index (κ3) is 3.45. The molecule has 2 N–H and O–H groups in total. The Bertz CT molecular complexity index is 973. The topological polar surface area (TPSA) is 120 Å². The fraction of sp³-hybridized carbons (Fsp3) is 0.118. The molecule has 0 aliphatic rings. The number of nitrogens with zero attached hydrogens (tertiary/aromatic N) is 5. The van der Waals surface area contributed by atoms with Crippen LogP contribution in [0.15, 0.2) is 42.9 Å². The minimum atomic E-state index is -0.576. The van der Waals surface area contributed by atoms with Crippen molar-refractivity contribution in [1.82, 2.24) is 19.7 Å². The van der Waals surface area contributed by atoms with E-state index in [1.165, 1.54) is 7.11 Å². The minimum absolute atomic E-state index is 0.203. The van der Waals surface area contributed by atoms with Crippen molar-refractivity contribution >= 4 is 5.91 Å². The molecular formula is C17H14N6O2. The SMILES string of the molecule is COc1ncc(Cn2ccc(C(N)=O)n2)cc1-c1ccnc(C#N)c1. The van der Waals surface area contributed by atoms with Crippen molar-refractivity contribution in [3.63, 3.8) is 0 Å². The second-order valence-corrected chi connectivity index (χ2v) is 5.20. The maximum Gasteiger partial charge on any atom is 0.269 e. The molecule has 3 heterocycles. The van der Waals surface area contributed by atoms with Crippen molar-refractivity contribution in [2.24, 2.45) is 5.73 Å². The van der Waals surface area contributed by atoms with Crippen molar-refractivity contribution in [2.75, 3.05) is 7.11 Å². The number of rotatable bonds is 5. The monoisotopic (exact) mass is 334 g/mol. The smallest absolute Gasteiger partial charge is 0.269 e. The molecule has 0 aliphatic carbocycles. The average molecular weight is 334 g/mol. The molecule has 8 heteroatoms. The molecule has 0 aliphatic heterocycles. The van der Waals surface area contributed by atoms with Crippen LogP contribution < -0.4 is 10.5 Å². The van der Waals surface area contributed by atoms with Gasteiger partial charge in [0.2, 0.25) is 5.88 Å². The fourth-order valence-corrected chi connectivity index (χ4v) is 2.38. The van der Waals surface area contributed by atoms with Gasteiger partial charge in [0.05, 0.1) is 13.7 Å². The van der Waals surface area contributed by atoms with Gasteiger partial charge in [-0.2, -0.15) is 10.4 Å². The summed E-state index contributed by atoms with van der Waals surface area (Å²) in [6, 6.07) is 8.92. The molecule has 3 aromatic rings. The van der Waals surface area contributed by atoms with E-state index in [0.717, 1.165) is 16.7 Å². The lowest BCUT2D eigenvalue weighted by Crippen LogP contribution is -2.12. The summed E-state index contributed by atoms with van der Waals surface area (Å²) < 4.78 is 6.91. The summed E-state index contributed by atoms with van der Waals surface area (Å²) >= 11 is 0.